The van der Waals surface area contributed by atoms with Crippen molar-refractivity contribution in [3.05, 3.63) is 0 Å². The van der Waals surface area contributed by atoms with E-state index in [0.717, 1.165) is 12.8 Å². The van der Waals surface area contributed by atoms with Gasteiger partial charge in [-0.2, -0.15) is 0 Å². The van der Waals surface area contributed by atoms with Crippen LogP contribution in [0.2, 0.25) is 0 Å². The number of carbonyl (C=O) groups excluding carboxylic acids is 1. The van der Waals surface area contributed by atoms with Gasteiger partial charge >= 0.3 is 0 Å². The number of β-amino-alcohol motifs (C(OH)–C–C–N with tert-alkyl or cyclic N) is 1. The second kappa shape index (κ2) is 3.93. The van der Waals surface area contributed by atoms with Crippen molar-refractivity contribution in [2.45, 2.75) is 24.5 Å². The van der Waals surface area contributed by atoms with Gasteiger partial charge in [0, 0.05) is 6.04 Å². The summed E-state index contributed by atoms with van der Waals surface area (Å²) in [5.74, 6) is 0.488. The van der Waals surface area contributed by atoms with E-state index >= 15 is 0 Å². The normalized spacial score (nSPS) is 35.8. The molecule has 2 saturated heterocycles. The van der Waals surface area contributed by atoms with Crippen molar-refractivity contribution in [1.82, 2.24) is 10.2 Å². The molecule has 0 radical (unpaired) electrons. The van der Waals surface area contributed by atoms with Gasteiger partial charge in [0.2, 0.25) is 5.91 Å². The zero-order valence-electron chi connectivity index (χ0n) is 10.2. The molecule has 1 aliphatic carbocycles. The topological polar surface area (TPSA) is 61.8 Å². The van der Waals surface area contributed by atoms with Gasteiger partial charge in [-0.3, -0.25) is 4.79 Å². The SMILES string of the molecule is CNC1COCC1C(=O)N1CC(O)(C2CC2)C1. The predicted octanol–water partition coefficient (Wildman–Crippen LogP) is -0.796. The van der Waals surface area contributed by atoms with Crippen LogP contribution in [0.1, 0.15) is 12.8 Å². The molecule has 2 aliphatic heterocycles. The van der Waals surface area contributed by atoms with E-state index in [1.807, 2.05) is 7.05 Å². The number of nitrogens with one attached hydrogen (secondary N) is 1. The van der Waals surface area contributed by atoms with Gasteiger partial charge in [-0.25, -0.2) is 0 Å². The third kappa shape index (κ3) is 1.86. The number of ether oxygens (including phenoxy) is 1. The van der Waals surface area contributed by atoms with E-state index in [-0.39, 0.29) is 17.9 Å². The molecule has 3 rings (SSSR count). The Kier molecular flexibility index (Phi) is 2.65. The van der Waals surface area contributed by atoms with Crippen LogP contribution >= 0.6 is 0 Å². The Morgan fingerprint density at radius 3 is 2.71 bits per heavy atom. The van der Waals surface area contributed by atoms with Gasteiger partial charge in [0.05, 0.1) is 32.2 Å². The minimum absolute atomic E-state index is 0.0799. The molecule has 2 atom stereocenters. The highest BCUT2D eigenvalue weighted by Gasteiger charge is 2.54. The third-order valence-corrected chi connectivity index (χ3v) is 4.35. The Hall–Kier alpha value is -0.650. The van der Waals surface area contributed by atoms with Gasteiger partial charge in [0.1, 0.15) is 5.60 Å². The van der Waals surface area contributed by atoms with Crippen LogP contribution < -0.4 is 5.32 Å². The van der Waals surface area contributed by atoms with E-state index in [1.165, 1.54) is 0 Å². The van der Waals surface area contributed by atoms with E-state index in [1.54, 1.807) is 4.90 Å². The minimum Gasteiger partial charge on any atom is -0.386 e. The molecule has 1 saturated carbocycles. The number of hydrogen-bond acceptors (Lipinski definition) is 4. The van der Waals surface area contributed by atoms with Crippen LogP contribution in [0.15, 0.2) is 0 Å². The molecule has 3 aliphatic rings. The number of hydrogen-bond donors (Lipinski definition) is 2. The van der Waals surface area contributed by atoms with Crippen molar-refractivity contribution in [2.24, 2.45) is 11.8 Å². The average Bonchev–Trinajstić information content (AvgIpc) is 3.02. The maximum atomic E-state index is 12.2. The first-order chi connectivity index (χ1) is 8.14. The van der Waals surface area contributed by atoms with E-state index in [0.29, 0.717) is 32.2 Å². The third-order valence-electron chi connectivity index (χ3n) is 4.35. The Morgan fingerprint density at radius 2 is 2.12 bits per heavy atom. The largest absolute Gasteiger partial charge is 0.386 e. The molecule has 2 N–H and O–H groups in total. The Bertz CT molecular complexity index is 324. The van der Waals surface area contributed by atoms with Gasteiger partial charge in [-0.05, 0) is 25.8 Å². The maximum absolute atomic E-state index is 12.2. The lowest BCUT2D eigenvalue weighted by Gasteiger charge is -2.48. The lowest BCUT2D eigenvalue weighted by atomic mass is 9.87. The number of likely N-dealkylation sites (N-methyl/N-ethyl adjacent to an activating group) is 1. The monoisotopic (exact) mass is 240 g/mol. The van der Waals surface area contributed by atoms with Crippen LogP contribution in [-0.2, 0) is 9.53 Å². The minimum atomic E-state index is -0.579. The molecule has 5 heteroatoms. The first-order valence-electron chi connectivity index (χ1n) is 6.40. The van der Waals surface area contributed by atoms with Crippen molar-refractivity contribution in [1.29, 1.82) is 0 Å². The highest BCUT2D eigenvalue weighted by atomic mass is 16.5. The Labute approximate surface area is 101 Å². The van der Waals surface area contributed by atoms with E-state index in [9.17, 15) is 9.90 Å². The molecular formula is C12H20N2O3. The Balaban J connectivity index is 1.57. The number of carbonyl (C=O) groups is 1. The zero-order chi connectivity index (χ0) is 12.0. The predicted molar refractivity (Wildman–Crippen MR) is 61.4 cm³/mol. The van der Waals surface area contributed by atoms with Crippen molar-refractivity contribution in [3.8, 4) is 0 Å². The average molecular weight is 240 g/mol. The summed E-state index contributed by atoms with van der Waals surface area (Å²) in [4.78, 5) is 14.0. The van der Waals surface area contributed by atoms with Crippen LogP contribution in [0.5, 0.6) is 0 Å². The van der Waals surface area contributed by atoms with E-state index < -0.39 is 5.60 Å². The molecule has 0 aromatic rings. The second-order valence-electron chi connectivity index (χ2n) is 5.61. The molecule has 0 spiro atoms. The molecule has 0 aromatic heterocycles. The summed E-state index contributed by atoms with van der Waals surface area (Å²) in [5, 5.41) is 13.3. The van der Waals surface area contributed by atoms with Gasteiger partial charge in [-0.1, -0.05) is 0 Å². The molecular weight excluding hydrogens is 220 g/mol. The fourth-order valence-corrected chi connectivity index (χ4v) is 2.97. The summed E-state index contributed by atoms with van der Waals surface area (Å²) >= 11 is 0. The lowest BCUT2D eigenvalue weighted by Crippen LogP contribution is -2.66. The number of nitrogens with zero attached hydrogens (tertiary/aromatic N) is 1. The van der Waals surface area contributed by atoms with Crippen LogP contribution in [0.25, 0.3) is 0 Å². The first-order valence-corrected chi connectivity index (χ1v) is 6.40. The Morgan fingerprint density at radius 1 is 1.41 bits per heavy atom. The number of rotatable bonds is 3. The second-order valence-corrected chi connectivity index (χ2v) is 5.61. The number of likely N-dealkylation sites (tertiary alicyclic amines) is 1. The molecule has 96 valence electrons. The maximum Gasteiger partial charge on any atom is 0.229 e. The molecule has 3 fully saturated rings. The van der Waals surface area contributed by atoms with Gasteiger partial charge in [0.25, 0.3) is 0 Å². The summed E-state index contributed by atoms with van der Waals surface area (Å²) in [6, 6.07) is 0.122. The number of aliphatic hydroxyl groups is 1. The van der Waals surface area contributed by atoms with Crippen molar-refractivity contribution in [2.75, 3.05) is 33.4 Å². The fraction of sp³-hybridized carbons (Fsp3) is 0.917. The molecule has 2 unspecified atom stereocenters. The molecule has 1 amide bonds. The highest BCUT2D eigenvalue weighted by molar-refractivity contribution is 5.81. The van der Waals surface area contributed by atoms with Crippen LogP contribution in [0, 0.1) is 11.8 Å². The molecule has 2 heterocycles. The summed E-state index contributed by atoms with van der Waals surface area (Å²) in [5.41, 5.74) is -0.579. The van der Waals surface area contributed by atoms with Gasteiger partial charge < -0.3 is 20.1 Å². The van der Waals surface area contributed by atoms with Crippen molar-refractivity contribution in [3.63, 3.8) is 0 Å². The van der Waals surface area contributed by atoms with E-state index in [2.05, 4.69) is 5.32 Å². The highest BCUT2D eigenvalue weighted by Crippen LogP contribution is 2.44. The fourth-order valence-electron chi connectivity index (χ4n) is 2.97. The van der Waals surface area contributed by atoms with Crippen molar-refractivity contribution < 1.29 is 14.6 Å². The molecule has 0 aromatic carbocycles. The molecule has 0 bridgehead atoms. The summed E-state index contributed by atoms with van der Waals surface area (Å²) < 4.78 is 5.34. The van der Waals surface area contributed by atoms with Gasteiger partial charge in [0.15, 0.2) is 0 Å². The summed E-state index contributed by atoms with van der Waals surface area (Å²) in [6.45, 7) is 2.14. The molecule has 17 heavy (non-hydrogen) atoms. The van der Waals surface area contributed by atoms with E-state index in [4.69, 9.17) is 4.74 Å². The smallest absolute Gasteiger partial charge is 0.229 e. The quantitative estimate of drug-likeness (QED) is 0.678. The van der Waals surface area contributed by atoms with Crippen LogP contribution in [-0.4, -0.2) is 60.9 Å². The summed E-state index contributed by atoms with van der Waals surface area (Å²) in [6.07, 6.45) is 2.23. The summed E-state index contributed by atoms with van der Waals surface area (Å²) in [7, 11) is 1.86. The van der Waals surface area contributed by atoms with Gasteiger partial charge in [-0.15, -0.1) is 0 Å². The zero-order valence-corrected chi connectivity index (χ0v) is 10.2. The van der Waals surface area contributed by atoms with Crippen LogP contribution in [0.3, 0.4) is 0 Å². The molecule has 5 nitrogen and oxygen atoms in total. The number of amides is 1. The lowest BCUT2D eigenvalue weighted by molar-refractivity contribution is -0.163. The van der Waals surface area contributed by atoms with Crippen molar-refractivity contribution >= 4 is 5.91 Å². The van der Waals surface area contributed by atoms with Crippen LogP contribution in [0.4, 0.5) is 0 Å². The standard InChI is InChI=1S/C12H20N2O3/c1-13-10-5-17-4-9(10)11(15)14-6-12(16,7-14)8-2-3-8/h8-10,13,16H,2-7H2,1H3. The first kappa shape index (κ1) is 11.4.